The van der Waals surface area contributed by atoms with E-state index in [2.05, 4.69) is 20.3 Å². The quantitative estimate of drug-likeness (QED) is 0.777. The maximum Gasteiger partial charge on any atom is 0.212 e. The molecule has 3 aromatic rings. The van der Waals surface area contributed by atoms with E-state index < -0.39 is 0 Å². The fraction of sp³-hybridized carbons (Fsp3) is 0.0714. The van der Waals surface area contributed by atoms with E-state index in [1.807, 2.05) is 48.0 Å². The standard InChI is InChI=1S/C14H13N5/c1-11-9-19(13-5-3-2-4-6-13)14(17-11)18-12-7-15-10-16-8-12/h2-10H,1H3,(H,17,18). The van der Waals surface area contributed by atoms with Crippen molar-refractivity contribution in [3.63, 3.8) is 0 Å². The summed E-state index contributed by atoms with van der Waals surface area (Å²) in [5.74, 6) is 0.749. The van der Waals surface area contributed by atoms with Crippen LogP contribution < -0.4 is 5.32 Å². The van der Waals surface area contributed by atoms with Gasteiger partial charge < -0.3 is 5.32 Å². The zero-order chi connectivity index (χ0) is 13.1. The summed E-state index contributed by atoms with van der Waals surface area (Å²) >= 11 is 0. The second-order valence-electron chi connectivity index (χ2n) is 4.16. The minimum absolute atomic E-state index is 0.749. The molecule has 1 N–H and O–H groups in total. The molecule has 2 aromatic heterocycles. The van der Waals surface area contributed by atoms with Gasteiger partial charge in [-0.1, -0.05) is 18.2 Å². The molecule has 0 aliphatic rings. The van der Waals surface area contributed by atoms with Gasteiger partial charge in [0.2, 0.25) is 5.95 Å². The Bertz CT molecular complexity index is 661. The summed E-state index contributed by atoms with van der Waals surface area (Å²) < 4.78 is 2.00. The first-order valence-corrected chi connectivity index (χ1v) is 5.96. The lowest BCUT2D eigenvalue weighted by molar-refractivity contribution is 1.06. The maximum atomic E-state index is 4.48. The van der Waals surface area contributed by atoms with Crippen LogP contribution in [0.25, 0.3) is 5.69 Å². The molecule has 0 radical (unpaired) electrons. The third kappa shape index (κ3) is 2.44. The number of para-hydroxylation sites is 1. The number of benzene rings is 1. The van der Waals surface area contributed by atoms with Gasteiger partial charge in [-0.2, -0.15) is 0 Å². The molecular formula is C14H13N5. The van der Waals surface area contributed by atoms with Gasteiger partial charge in [-0.15, -0.1) is 0 Å². The molecule has 0 aliphatic carbocycles. The van der Waals surface area contributed by atoms with Crippen LogP contribution in [0.2, 0.25) is 0 Å². The van der Waals surface area contributed by atoms with Crippen LogP contribution in [-0.2, 0) is 0 Å². The molecule has 0 atom stereocenters. The van der Waals surface area contributed by atoms with Crippen molar-refractivity contribution in [2.45, 2.75) is 6.92 Å². The molecule has 0 saturated carbocycles. The van der Waals surface area contributed by atoms with E-state index in [4.69, 9.17) is 0 Å². The number of aromatic nitrogens is 4. The van der Waals surface area contributed by atoms with Gasteiger partial charge in [0.05, 0.1) is 23.8 Å². The smallest absolute Gasteiger partial charge is 0.212 e. The van der Waals surface area contributed by atoms with Crippen LogP contribution in [-0.4, -0.2) is 19.5 Å². The van der Waals surface area contributed by atoms with E-state index in [1.54, 1.807) is 12.4 Å². The van der Waals surface area contributed by atoms with Crippen molar-refractivity contribution in [1.82, 2.24) is 19.5 Å². The normalized spacial score (nSPS) is 10.4. The number of anilines is 2. The third-order valence-electron chi connectivity index (χ3n) is 2.68. The molecule has 0 bridgehead atoms. The number of rotatable bonds is 3. The molecule has 2 heterocycles. The van der Waals surface area contributed by atoms with Gasteiger partial charge in [-0.25, -0.2) is 15.0 Å². The number of hydrogen-bond acceptors (Lipinski definition) is 4. The monoisotopic (exact) mass is 251 g/mol. The molecule has 3 rings (SSSR count). The molecule has 1 aromatic carbocycles. The Kier molecular flexibility index (Phi) is 2.94. The minimum atomic E-state index is 0.749. The Morgan fingerprint density at radius 2 is 1.79 bits per heavy atom. The zero-order valence-electron chi connectivity index (χ0n) is 10.5. The highest BCUT2D eigenvalue weighted by Gasteiger charge is 2.07. The van der Waals surface area contributed by atoms with E-state index in [0.29, 0.717) is 0 Å². The van der Waals surface area contributed by atoms with E-state index >= 15 is 0 Å². The molecule has 0 fully saturated rings. The highest BCUT2D eigenvalue weighted by molar-refractivity contribution is 5.54. The topological polar surface area (TPSA) is 55.6 Å². The Morgan fingerprint density at radius 3 is 2.53 bits per heavy atom. The Hall–Kier alpha value is -2.69. The van der Waals surface area contributed by atoms with E-state index in [-0.39, 0.29) is 0 Å². The zero-order valence-corrected chi connectivity index (χ0v) is 10.5. The number of nitrogens with zero attached hydrogens (tertiary/aromatic N) is 4. The van der Waals surface area contributed by atoms with Crippen LogP contribution in [0.3, 0.4) is 0 Å². The highest BCUT2D eigenvalue weighted by Crippen LogP contribution is 2.19. The SMILES string of the molecule is Cc1cn(-c2ccccc2)c(Nc2cncnc2)n1. The van der Waals surface area contributed by atoms with Crippen LogP contribution in [0.15, 0.2) is 55.2 Å². The van der Waals surface area contributed by atoms with Crippen molar-refractivity contribution in [3.8, 4) is 5.69 Å². The second-order valence-corrected chi connectivity index (χ2v) is 4.16. The van der Waals surface area contributed by atoms with Gasteiger partial charge in [0.15, 0.2) is 0 Å². The summed E-state index contributed by atoms with van der Waals surface area (Å²) in [5.41, 5.74) is 2.82. The molecule has 94 valence electrons. The minimum Gasteiger partial charge on any atom is -0.323 e. The fourth-order valence-electron chi connectivity index (χ4n) is 1.86. The Balaban J connectivity index is 1.99. The second kappa shape index (κ2) is 4.89. The molecule has 19 heavy (non-hydrogen) atoms. The molecular weight excluding hydrogens is 238 g/mol. The summed E-state index contributed by atoms with van der Waals surface area (Å²) in [6.07, 6.45) is 6.92. The largest absolute Gasteiger partial charge is 0.323 e. The lowest BCUT2D eigenvalue weighted by Crippen LogP contribution is -2.01. The summed E-state index contributed by atoms with van der Waals surface area (Å²) in [6, 6.07) is 10.1. The van der Waals surface area contributed by atoms with Crippen LogP contribution >= 0.6 is 0 Å². The van der Waals surface area contributed by atoms with Crippen LogP contribution in [0.1, 0.15) is 5.69 Å². The number of hydrogen-bond donors (Lipinski definition) is 1. The molecule has 0 amide bonds. The molecule has 0 spiro atoms. The fourth-order valence-corrected chi connectivity index (χ4v) is 1.86. The lowest BCUT2D eigenvalue weighted by atomic mass is 10.3. The average molecular weight is 251 g/mol. The van der Waals surface area contributed by atoms with Crippen molar-refractivity contribution < 1.29 is 0 Å². The predicted molar refractivity (Wildman–Crippen MR) is 73.6 cm³/mol. The summed E-state index contributed by atoms with van der Waals surface area (Å²) in [6.45, 7) is 1.96. The van der Waals surface area contributed by atoms with E-state index in [9.17, 15) is 0 Å². The average Bonchev–Trinajstić information content (AvgIpc) is 2.82. The van der Waals surface area contributed by atoms with Gasteiger partial charge in [0.1, 0.15) is 6.33 Å². The Morgan fingerprint density at radius 1 is 1.05 bits per heavy atom. The van der Waals surface area contributed by atoms with Crippen molar-refractivity contribution >= 4 is 11.6 Å². The Labute approximate surface area is 111 Å². The molecule has 5 nitrogen and oxygen atoms in total. The highest BCUT2D eigenvalue weighted by atomic mass is 15.2. The first-order chi connectivity index (χ1) is 9.33. The van der Waals surface area contributed by atoms with E-state index in [1.165, 1.54) is 6.33 Å². The van der Waals surface area contributed by atoms with Crippen molar-refractivity contribution in [2.24, 2.45) is 0 Å². The van der Waals surface area contributed by atoms with Gasteiger partial charge in [-0.05, 0) is 19.1 Å². The van der Waals surface area contributed by atoms with E-state index in [0.717, 1.165) is 23.0 Å². The molecule has 0 unspecified atom stereocenters. The van der Waals surface area contributed by atoms with Crippen LogP contribution in [0.5, 0.6) is 0 Å². The predicted octanol–water partition coefficient (Wildman–Crippen LogP) is 2.71. The van der Waals surface area contributed by atoms with Crippen LogP contribution in [0, 0.1) is 6.92 Å². The van der Waals surface area contributed by atoms with Crippen molar-refractivity contribution in [3.05, 3.63) is 60.9 Å². The first kappa shape index (κ1) is 11.4. The summed E-state index contributed by atoms with van der Waals surface area (Å²) in [5, 5.41) is 3.22. The van der Waals surface area contributed by atoms with Gasteiger partial charge in [0.25, 0.3) is 0 Å². The van der Waals surface area contributed by atoms with Gasteiger partial charge >= 0.3 is 0 Å². The first-order valence-electron chi connectivity index (χ1n) is 5.96. The van der Waals surface area contributed by atoms with Crippen molar-refractivity contribution in [1.29, 1.82) is 0 Å². The number of imidazole rings is 1. The lowest BCUT2D eigenvalue weighted by Gasteiger charge is -2.08. The number of aryl methyl sites for hydroxylation is 1. The van der Waals surface area contributed by atoms with Crippen molar-refractivity contribution in [2.75, 3.05) is 5.32 Å². The maximum absolute atomic E-state index is 4.48. The van der Waals surface area contributed by atoms with Crippen LogP contribution in [0.4, 0.5) is 11.6 Å². The van der Waals surface area contributed by atoms with Gasteiger partial charge in [0, 0.05) is 11.9 Å². The number of nitrogens with one attached hydrogen (secondary N) is 1. The third-order valence-corrected chi connectivity index (χ3v) is 2.68. The molecule has 5 heteroatoms. The summed E-state index contributed by atoms with van der Waals surface area (Å²) in [7, 11) is 0. The van der Waals surface area contributed by atoms with Gasteiger partial charge in [-0.3, -0.25) is 4.57 Å². The molecule has 0 aliphatic heterocycles. The molecule has 0 saturated heterocycles. The summed E-state index contributed by atoms with van der Waals surface area (Å²) in [4.78, 5) is 12.4.